The zero-order valence-corrected chi connectivity index (χ0v) is 8.40. The summed E-state index contributed by atoms with van der Waals surface area (Å²) >= 11 is 1.72. The van der Waals surface area contributed by atoms with Gasteiger partial charge in [-0.25, -0.2) is 4.98 Å². The molecule has 1 aromatic heterocycles. The molecule has 3 heteroatoms. The number of hydrogen-bond donors (Lipinski definition) is 1. The summed E-state index contributed by atoms with van der Waals surface area (Å²) in [6, 6.07) is 0. The van der Waals surface area contributed by atoms with Crippen molar-refractivity contribution in [1.82, 2.24) is 4.98 Å². The zero-order chi connectivity index (χ0) is 8.97. The first-order valence-corrected chi connectivity index (χ1v) is 5.15. The van der Waals surface area contributed by atoms with Crippen LogP contribution in [0.15, 0.2) is 6.20 Å². The van der Waals surface area contributed by atoms with Crippen molar-refractivity contribution in [2.24, 2.45) is 0 Å². The van der Waals surface area contributed by atoms with Crippen LogP contribution in [0.1, 0.15) is 36.1 Å². The molecule has 1 rings (SSSR count). The van der Waals surface area contributed by atoms with E-state index in [0.29, 0.717) is 0 Å². The van der Waals surface area contributed by atoms with E-state index in [1.165, 1.54) is 9.88 Å². The Morgan fingerprint density at radius 1 is 1.67 bits per heavy atom. The molecule has 1 unspecified atom stereocenters. The summed E-state index contributed by atoms with van der Waals surface area (Å²) < 4.78 is 0. The molecule has 1 N–H and O–H groups in total. The predicted octanol–water partition coefficient (Wildman–Crippen LogP) is 2.19. The third-order valence-corrected chi connectivity index (χ3v) is 3.08. The molecule has 0 spiro atoms. The van der Waals surface area contributed by atoms with E-state index in [9.17, 15) is 0 Å². The molecule has 0 aliphatic heterocycles. The number of rotatable bonds is 4. The lowest BCUT2D eigenvalue weighted by Gasteiger charge is -2.01. The maximum Gasteiger partial charge on any atom is 0.0927 e. The number of aliphatic hydroxyl groups is 1. The van der Waals surface area contributed by atoms with Gasteiger partial charge in [-0.2, -0.15) is 0 Å². The van der Waals surface area contributed by atoms with Crippen LogP contribution >= 0.6 is 11.3 Å². The Labute approximate surface area is 77.3 Å². The molecule has 0 saturated carbocycles. The van der Waals surface area contributed by atoms with E-state index in [1.807, 2.05) is 13.1 Å². The molecule has 68 valence electrons. The second-order valence-corrected chi connectivity index (χ2v) is 4.14. The highest BCUT2D eigenvalue weighted by atomic mass is 32.1. The largest absolute Gasteiger partial charge is 0.396 e. The Balaban J connectivity index is 2.63. The molecular formula is C9H15NOS. The second kappa shape index (κ2) is 4.58. The van der Waals surface area contributed by atoms with E-state index < -0.39 is 0 Å². The molecular weight excluding hydrogens is 170 g/mol. The van der Waals surface area contributed by atoms with Gasteiger partial charge in [0.15, 0.2) is 0 Å². The Kier molecular flexibility index (Phi) is 3.69. The van der Waals surface area contributed by atoms with Gasteiger partial charge in [0.25, 0.3) is 0 Å². The molecule has 0 bridgehead atoms. The quantitative estimate of drug-likeness (QED) is 0.780. The molecule has 2 nitrogen and oxygen atoms in total. The van der Waals surface area contributed by atoms with Crippen molar-refractivity contribution >= 4 is 11.3 Å². The molecule has 12 heavy (non-hydrogen) atoms. The molecule has 0 saturated heterocycles. The summed E-state index contributed by atoms with van der Waals surface area (Å²) in [5.41, 5.74) is 0. The van der Waals surface area contributed by atoms with Gasteiger partial charge >= 0.3 is 0 Å². The number of aromatic nitrogens is 1. The lowest BCUT2D eigenvalue weighted by molar-refractivity contribution is 0.274. The molecule has 0 fully saturated rings. The van der Waals surface area contributed by atoms with Crippen molar-refractivity contribution in [3.05, 3.63) is 16.1 Å². The van der Waals surface area contributed by atoms with Gasteiger partial charge in [0.2, 0.25) is 0 Å². The molecule has 1 aromatic rings. The fourth-order valence-corrected chi connectivity index (χ4v) is 2.04. The summed E-state index contributed by atoms with van der Waals surface area (Å²) in [7, 11) is 0. The van der Waals surface area contributed by atoms with Gasteiger partial charge in [-0.3, -0.25) is 0 Å². The van der Waals surface area contributed by atoms with Crippen LogP contribution < -0.4 is 0 Å². The van der Waals surface area contributed by atoms with Crippen molar-refractivity contribution in [3.63, 3.8) is 0 Å². The average molecular weight is 185 g/mol. The third kappa shape index (κ3) is 2.29. The van der Waals surface area contributed by atoms with Crippen LogP contribution in [0.4, 0.5) is 0 Å². The molecule has 1 heterocycles. The van der Waals surface area contributed by atoms with E-state index in [0.717, 1.165) is 12.8 Å². The Morgan fingerprint density at radius 2 is 2.42 bits per heavy atom. The molecule has 0 aromatic carbocycles. The molecule has 0 aliphatic rings. The number of nitrogens with zero attached hydrogens (tertiary/aromatic N) is 1. The van der Waals surface area contributed by atoms with Crippen LogP contribution in [0.5, 0.6) is 0 Å². The van der Waals surface area contributed by atoms with E-state index in [4.69, 9.17) is 5.11 Å². The number of thiazole rings is 1. The summed E-state index contributed by atoms with van der Waals surface area (Å²) in [5.74, 6) is 0.244. The van der Waals surface area contributed by atoms with Crippen LogP contribution in [0.2, 0.25) is 0 Å². The average Bonchev–Trinajstić information content (AvgIpc) is 2.52. The minimum atomic E-state index is 0.216. The minimum absolute atomic E-state index is 0.216. The van der Waals surface area contributed by atoms with Crippen LogP contribution in [0.3, 0.4) is 0 Å². The lowest BCUT2D eigenvalue weighted by atomic mass is 10.2. The number of aliphatic hydroxyl groups excluding tert-OH is 1. The van der Waals surface area contributed by atoms with Gasteiger partial charge < -0.3 is 5.11 Å². The summed E-state index contributed by atoms with van der Waals surface area (Å²) in [6.45, 7) is 4.38. The van der Waals surface area contributed by atoms with Crippen molar-refractivity contribution in [1.29, 1.82) is 0 Å². The number of aryl methyl sites for hydroxylation is 1. The fourth-order valence-electron chi connectivity index (χ4n) is 0.972. The maximum absolute atomic E-state index is 8.91. The summed E-state index contributed by atoms with van der Waals surface area (Å²) in [6.07, 6.45) is 4.08. The van der Waals surface area contributed by atoms with Crippen LogP contribution in [-0.2, 0) is 6.42 Å². The maximum atomic E-state index is 8.91. The van der Waals surface area contributed by atoms with E-state index in [1.54, 1.807) is 11.3 Å². The van der Waals surface area contributed by atoms with Gasteiger partial charge in [-0.15, -0.1) is 11.3 Å². The van der Waals surface area contributed by atoms with Crippen LogP contribution in [-0.4, -0.2) is 16.7 Å². The van der Waals surface area contributed by atoms with Gasteiger partial charge in [-0.05, 0) is 12.8 Å². The third-order valence-electron chi connectivity index (χ3n) is 1.79. The Bertz CT molecular complexity index is 234. The SMILES string of the molecule is CCCc1ncc(C(C)CO)s1. The van der Waals surface area contributed by atoms with Crippen molar-refractivity contribution in [2.75, 3.05) is 6.61 Å². The minimum Gasteiger partial charge on any atom is -0.396 e. The first-order valence-electron chi connectivity index (χ1n) is 4.33. The highest BCUT2D eigenvalue weighted by Gasteiger charge is 2.07. The monoisotopic (exact) mass is 185 g/mol. The Hall–Kier alpha value is -0.410. The first kappa shape index (κ1) is 9.68. The molecule has 1 atom stereocenters. The standard InChI is InChI=1S/C9H15NOS/c1-3-4-9-10-5-8(12-9)7(2)6-11/h5,7,11H,3-4,6H2,1-2H3. The normalized spacial score (nSPS) is 13.2. The van der Waals surface area contributed by atoms with Gasteiger partial charge in [0.05, 0.1) is 11.6 Å². The van der Waals surface area contributed by atoms with Crippen molar-refractivity contribution in [3.8, 4) is 0 Å². The summed E-state index contributed by atoms with van der Waals surface area (Å²) in [4.78, 5) is 5.48. The molecule has 0 aliphatic carbocycles. The van der Waals surface area contributed by atoms with Crippen molar-refractivity contribution in [2.45, 2.75) is 32.6 Å². The van der Waals surface area contributed by atoms with E-state index in [-0.39, 0.29) is 12.5 Å². The number of hydrogen-bond acceptors (Lipinski definition) is 3. The van der Waals surface area contributed by atoms with Crippen molar-refractivity contribution < 1.29 is 5.11 Å². The second-order valence-electron chi connectivity index (χ2n) is 2.99. The first-order chi connectivity index (χ1) is 5.77. The predicted molar refractivity (Wildman–Crippen MR) is 51.6 cm³/mol. The van der Waals surface area contributed by atoms with E-state index >= 15 is 0 Å². The lowest BCUT2D eigenvalue weighted by Crippen LogP contribution is -1.94. The van der Waals surface area contributed by atoms with E-state index in [2.05, 4.69) is 11.9 Å². The zero-order valence-electron chi connectivity index (χ0n) is 7.58. The highest BCUT2D eigenvalue weighted by molar-refractivity contribution is 7.11. The van der Waals surface area contributed by atoms with Gasteiger partial charge in [0.1, 0.15) is 0 Å². The molecule has 0 radical (unpaired) electrons. The van der Waals surface area contributed by atoms with Gasteiger partial charge in [0, 0.05) is 17.0 Å². The van der Waals surface area contributed by atoms with Crippen LogP contribution in [0.25, 0.3) is 0 Å². The Morgan fingerprint density at radius 3 is 3.00 bits per heavy atom. The topological polar surface area (TPSA) is 33.1 Å². The fraction of sp³-hybridized carbons (Fsp3) is 0.667. The summed E-state index contributed by atoms with van der Waals surface area (Å²) in [5, 5.41) is 10.1. The van der Waals surface area contributed by atoms with Gasteiger partial charge in [-0.1, -0.05) is 13.8 Å². The van der Waals surface area contributed by atoms with Crippen LogP contribution in [0, 0.1) is 0 Å². The molecule has 0 amide bonds. The smallest absolute Gasteiger partial charge is 0.0927 e. The highest BCUT2D eigenvalue weighted by Crippen LogP contribution is 2.22.